The summed E-state index contributed by atoms with van der Waals surface area (Å²) in [5, 5.41) is 0. The number of aromatic nitrogens is 4. The number of hydrogen-bond donors (Lipinski definition) is 1. The molecule has 8 nitrogen and oxygen atoms in total. The molecule has 0 unspecified atom stereocenters. The first-order valence-electron chi connectivity index (χ1n) is 10.2. The Balaban J connectivity index is 0.00000149. The van der Waals surface area contributed by atoms with E-state index in [1.807, 2.05) is 13.8 Å². The first-order chi connectivity index (χ1) is 15.9. The van der Waals surface area contributed by atoms with E-state index in [0.717, 1.165) is 5.56 Å². The normalized spacial score (nSPS) is 10.6. The Morgan fingerprint density at radius 3 is 2.45 bits per heavy atom. The SMILES string of the molecule is CC.CC(=O)OCc1ccc(-n2c(-c3cccnc3N)nc3ccc(OC(F)F)nc32)cc1. The van der Waals surface area contributed by atoms with Crippen LogP contribution in [0.2, 0.25) is 0 Å². The highest BCUT2D eigenvalue weighted by molar-refractivity contribution is 5.83. The van der Waals surface area contributed by atoms with Crippen molar-refractivity contribution < 1.29 is 23.0 Å². The average Bonchev–Trinajstić information content (AvgIpc) is 3.18. The van der Waals surface area contributed by atoms with Gasteiger partial charge in [0, 0.05) is 24.9 Å². The molecule has 3 aromatic heterocycles. The molecule has 1 aromatic carbocycles. The number of fused-ring (bicyclic) bond motifs is 1. The third-order valence-electron chi connectivity index (χ3n) is 4.40. The summed E-state index contributed by atoms with van der Waals surface area (Å²) >= 11 is 0. The highest BCUT2D eigenvalue weighted by Gasteiger charge is 2.19. The first kappa shape index (κ1) is 23.6. The number of ether oxygens (including phenoxy) is 2. The summed E-state index contributed by atoms with van der Waals surface area (Å²) in [5.74, 6) is 0.0836. The molecule has 3 heterocycles. The van der Waals surface area contributed by atoms with Crippen LogP contribution in [0.3, 0.4) is 0 Å². The van der Waals surface area contributed by atoms with Gasteiger partial charge in [0.2, 0.25) is 5.88 Å². The van der Waals surface area contributed by atoms with Crippen molar-refractivity contribution in [1.82, 2.24) is 19.5 Å². The van der Waals surface area contributed by atoms with Gasteiger partial charge in [-0.3, -0.25) is 9.36 Å². The predicted octanol–water partition coefficient (Wildman–Crippen LogP) is 4.76. The van der Waals surface area contributed by atoms with Crippen LogP contribution in [-0.4, -0.2) is 32.1 Å². The zero-order valence-corrected chi connectivity index (χ0v) is 18.3. The van der Waals surface area contributed by atoms with Gasteiger partial charge in [-0.15, -0.1) is 0 Å². The molecule has 0 atom stereocenters. The second-order valence-electron chi connectivity index (χ2n) is 6.52. The number of halogens is 2. The maximum absolute atomic E-state index is 12.7. The number of imidazole rings is 1. The number of nitrogens with zero attached hydrogens (tertiary/aromatic N) is 4. The molecule has 10 heteroatoms. The highest BCUT2D eigenvalue weighted by atomic mass is 19.3. The zero-order valence-electron chi connectivity index (χ0n) is 18.3. The van der Waals surface area contributed by atoms with Crippen LogP contribution in [0.4, 0.5) is 14.6 Å². The van der Waals surface area contributed by atoms with Crippen molar-refractivity contribution in [1.29, 1.82) is 0 Å². The summed E-state index contributed by atoms with van der Waals surface area (Å²) in [4.78, 5) is 23.9. The Morgan fingerprint density at radius 1 is 1.09 bits per heavy atom. The van der Waals surface area contributed by atoms with Crippen molar-refractivity contribution in [3.05, 3.63) is 60.3 Å². The second kappa shape index (κ2) is 10.5. The quantitative estimate of drug-likeness (QED) is 0.418. The van der Waals surface area contributed by atoms with Gasteiger partial charge in [0.1, 0.15) is 17.9 Å². The van der Waals surface area contributed by atoms with Crippen molar-refractivity contribution in [2.45, 2.75) is 34.0 Å². The number of hydrogen-bond acceptors (Lipinski definition) is 7. The fraction of sp³-hybridized carbons (Fsp3) is 0.217. The first-order valence-corrected chi connectivity index (χ1v) is 10.2. The standard InChI is InChI=1S/C21H17F2N5O3.C2H6/c1-12(29)30-11-13-4-6-14(7-5-13)28-19(15-3-2-10-25-18(15)24)26-16-8-9-17(27-20(16)28)31-21(22)23;1-2/h2-10,21H,11H2,1H3,(H2,24,25);1-2H3. The number of pyridine rings is 2. The summed E-state index contributed by atoms with van der Waals surface area (Å²) in [6, 6.07) is 13.4. The van der Waals surface area contributed by atoms with Gasteiger partial charge in [0.05, 0.1) is 5.56 Å². The van der Waals surface area contributed by atoms with E-state index >= 15 is 0 Å². The summed E-state index contributed by atoms with van der Waals surface area (Å²) < 4.78 is 36.5. The average molecular weight is 455 g/mol. The van der Waals surface area contributed by atoms with Gasteiger partial charge in [-0.2, -0.15) is 13.8 Å². The van der Waals surface area contributed by atoms with Crippen LogP contribution in [0, 0.1) is 0 Å². The van der Waals surface area contributed by atoms with Crippen molar-refractivity contribution in [3.63, 3.8) is 0 Å². The summed E-state index contributed by atoms with van der Waals surface area (Å²) in [6.07, 6.45) is 1.56. The largest absolute Gasteiger partial charge is 0.461 e. The van der Waals surface area contributed by atoms with E-state index < -0.39 is 6.61 Å². The molecule has 0 aliphatic carbocycles. The lowest BCUT2D eigenvalue weighted by Gasteiger charge is -2.11. The Bertz CT molecular complexity index is 1240. The fourth-order valence-corrected chi connectivity index (χ4v) is 3.05. The number of carbonyl (C=O) groups is 1. The lowest BCUT2D eigenvalue weighted by atomic mass is 10.2. The fourth-order valence-electron chi connectivity index (χ4n) is 3.05. The van der Waals surface area contributed by atoms with E-state index in [1.165, 1.54) is 13.0 Å². The lowest BCUT2D eigenvalue weighted by molar-refractivity contribution is -0.142. The van der Waals surface area contributed by atoms with Crippen LogP contribution in [0.5, 0.6) is 5.88 Å². The monoisotopic (exact) mass is 455 g/mol. The topological polar surface area (TPSA) is 105 Å². The Hall–Kier alpha value is -4.08. The molecule has 2 N–H and O–H groups in total. The second-order valence-corrected chi connectivity index (χ2v) is 6.52. The molecule has 172 valence electrons. The highest BCUT2D eigenvalue weighted by Crippen LogP contribution is 2.31. The molecule has 0 amide bonds. The third-order valence-corrected chi connectivity index (χ3v) is 4.40. The number of rotatable bonds is 6. The Morgan fingerprint density at radius 2 is 1.82 bits per heavy atom. The van der Waals surface area contributed by atoms with Gasteiger partial charge < -0.3 is 15.2 Å². The maximum Gasteiger partial charge on any atom is 0.388 e. The van der Waals surface area contributed by atoms with Gasteiger partial charge in [-0.05, 0) is 35.9 Å². The molecular formula is C23H23F2N5O3. The van der Waals surface area contributed by atoms with Gasteiger partial charge in [0.25, 0.3) is 0 Å². The molecule has 33 heavy (non-hydrogen) atoms. The maximum atomic E-state index is 12.7. The smallest absolute Gasteiger partial charge is 0.388 e. The molecule has 0 bridgehead atoms. The Kier molecular flexibility index (Phi) is 7.50. The van der Waals surface area contributed by atoms with Crippen molar-refractivity contribution in [3.8, 4) is 23.0 Å². The van der Waals surface area contributed by atoms with Gasteiger partial charge in [-0.1, -0.05) is 26.0 Å². The molecule has 0 fully saturated rings. The van der Waals surface area contributed by atoms with Crippen LogP contribution in [0.25, 0.3) is 28.2 Å². The van der Waals surface area contributed by atoms with Gasteiger partial charge in [0.15, 0.2) is 11.5 Å². The van der Waals surface area contributed by atoms with E-state index in [1.54, 1.807) is 53.2 Å². The third kappa shape index (κ3) is 5.40. The number of nitrogen functional groups attached to an aromatic ring is 1. The van der Waals surface area contributed by atoms with Crippen molar-refractivity contribution in [2.24, 2.45) is 0 Å². The van der Waals surface area contributed by atoms with Crippen molar-refractivity contribution >= 4 is 23.0 Å². The molecule has 0 aliphatic heterocycles. The van der Waals surface area contributed by atoms with E-state index in [2.05, 4.69) is 19.7 Å². The minimum absolute atomic E-state index is 0.132. The van der Waals surface area contributed by atoms with E-state index in [9.17, 15) is 13.6 Å². The van der Waals surface area contributed by atoms with Crippen LogP contribution >= 0.6 is 0 Å². The molecular weight excluding hydrogens is 432 g/mol. The predicted molar refractivity (Wildman–Crippen MR) is 120 cm³/mol. The van der Waals surface area contributed by atoms with Crippen molar-refractivity contribution in [2.75, 3.05) is 5.73 Å². The molecule has 0 saturated heterocycles. The molecule has 0 saturated carbocycles. The minimum Gasteiger partial charge on any atom is -0.461 e. The number of esters is 1. The molecule has 0 aliphatic rings. The zero-order chi connectivity index (χ0) is 24.0. The summed E-state index contributed by atoms with van der Waals surface area (Å²) in [6.45, 7) is 2.46. The van der Waals surface area contributed by atoms with Crippen LogP contribution in [0.1, 0.15) is 26.3 Å². The molecule has 0 spiro atoms. The number of carbonyl (C=O) groups excluding carboxylic acids is 1. The van der Waals surface area contributed by atoms with Gasteiger partial charge in [-0.25, -0.2) is 9.97 Å². The summed E-state index contributed by atoms with van der Waals surface area (Å²) in [7, 11) is 0. The van der Waals surface area contributed by atoms with E-state index in [-0.39, 0.29) is 24.3 Å². The number of nitrogens with two attached hydrogens (primary N) is 1. The molecule has 0 radical (unpaired) electrons. The van der Waals surface area contributed by atoms with Crippen LogP contribution in [-0.2, 0) is 16.1 Å². The van der Waals surface area contributed by atoms with E-state index in [4.69, 9.17) is 10.5 Å². The van der Waals surface area contributed by atoms with Gasteiger partial charge >= 0.3 is 12.6 Å². The number of alkyl halides is 2. The molecule has 4 aromatic rings. The lowest BCUT2D eigenvalue weighted by Crippen LogP contribution is -2.05. The number of anilines is 1. The number of benzene rings is 1. The summed E-state index contributed by atoms with van der Waals surface area (Å²) in [5.41, 5.74) is 8.81. The molecule has 4 rings (SSSR count). The minimum atomic E-state index is -3.00. The van der Waals surface area contributed by atoms with Crippen LogP contribution < -0.4 is 10.5 Å². The van der Waals surface area contributed by atoms with Crippen LogP contribution in [0.15, 0.2) is 54.7 Å². The Labute approximate surface area is 189 Å². The van der Waals surface area contributed by atoms with E-state index in [0.29, 0.717) is 28.2 Å².